The van der Waals surface area contributed by atoms with Crippen molar-refractivity contribution in [3.05, 3.63) is 58.7 Å². The average molecular weight is 643 g/mol. The smallest absolute Gasteiger partial charge is 0.275 e. The average Bonchev–Trinajstić information content (AvgIpc) is 2.91. The minimum atomic E-state index is -4.50. The molecule has 0 saturated carbocycles. The number of allylic oxidation sites excluding steroid dienone is 5. The summed E-state index contributed by atoms with van der Waals surface area (Å²) in [7, 11) is -8.90. The Morgan fingerprint density at radius 3 is 1.63 bits per heavy atom. The SMILES string of the molecule is C=C(CC)C(C(C)/C=C(\C)C(/C(C)=C(/C(C)CC)C(CC)/C(C)=C/C)S(=O)(=O)O)C(CC)C(C)C(C(=C)CC)S(=O)(=O)O. The Labute approximate surface area is 265 Å². The molecule has 0 bridgehead atoms. The molecule has 8 atom stereocenters. The zero-order valence-electron chi connectivity index (χ0n) is 29.1. The first-order chi connectivity index (χ1) is 19.7. The second kappa shape index (κ2) is 17.9. The van der Waals surface area contributed by atoms with E-state index in [4.69, 9.17) is 0 Å². The Bertz CT molecular complexity index is 1250. The van der Waals surface area contributed by atoms with Crippen LogP contribution in [0.1, 0.15) is 115 Å². The van der Waals surface area contributed by atoms with Crippen molar-refractivity contribution >= 4 is 20.2 Å². The highest BCUT2D eigenvalue weighted by molar-refractivity contribution is 7.87. The molecule has 250 valence electrons. The maximum atomic E-state index is 13.1. The lowest BCUT2D eigenvalue weighted by atomic mass is 9.68. The van der Waals surface area contributed by atoms with Crippen molar-refractivity contribution in [3.63, 3.8) is 0 Å². The minimum Gasteiger partial charge on any atom is -0.285 e. The van der Waals surface area contributed by atoms with Crippen LogP contribution >= 0.6 is 0 Å². The molecule has 43 heavy (non-hydrogen) atoms. The van der Waals surface area contributed by atoms with Gasteiger partial charge in [0, 0.05) is 5.92 Å². The largest absolute Gasteiger partial charge is 0.285 e. The van der Waals surface area contributed by atoms with Crippen molar-refractivity contribution in [2.75, 3.05) is 0 Å². The van der Waals surface area contributed by atoms with Crippen molar-refractivity contribution in [2.45, 2.75) is 126 Å². The third-order valence-corrected chi connectivity index (χ3v) is 12.5. The predicted molar refractivity (Wildman–Crippen MR) is 184 cm³/mol. The molecule has 0 aliphatic heterocycles. The highest BCUT2D eigenvalue weighted by Crippen LogP contribution is 2.42. The van der Waals surface area contributed by atoms with E-state index >= 15 is 0 Å². The van der Waals surface area contributed by atoms with Gasteiger partial charge in [-0.15, -0.1) is 0 Å². The zero-order chi connectivity index (χ0) is 34.0. The van der Waals surface area contributed by atoms with Crippen LogP contribution in [0.15, 0.2) is 58.7 Å². The minimum absolute atomic E-state index is 0.0661. The maximum absolute atomic E-state index is 13.1. The Kier molecular flexibility index (Phi) is 17.2. The summed E-state index contributed by atoms with van der Waals surface area (Å²) < 4.78 is 72.0. The molecule has 8 unspecified atom stereocenters. The third-order valence-electron chi connectivity index (χ3n) is 9.77. The Morgan fingerprint density at radius 1 is 0.767 bits per heavy atom. The summed E-state index contributed by atoms with van der Waals surface area (Å²) in [5.74, 6) is -0.863. The van der Waals surface area contributed by atoms with E-state index in [9.17, 15) is 25.9 Å². The monoisotopic (exact) mass is 642 g/mol. The molecule has 0 heterocycles. The van der Waals surface area contributed by atoms with E-state index in [1.807, 2.05) is 54.5 Å². The second-order valence-corrected chi connectivity index (χ2v) is 15.6. The number of rotatable bonds is 19. The summed E-state index contributed by atoms with van der Waals surface area (Å²) in [6, 6.07) is 0. The van der Waals surface area contributed by atoms with E-state index in [0.717, 1.165) is 24.0 Å². The van der Waals surface area contributed by atoms with Gasteiger partial charge >= 0.3 is 0 Å². The molecule has 0 fully saturated rings. The molecular weight excluding hydrogens is 581 g/mol. The van der Waals surface area contributed by atoms with Gasteiger partial charge in [-0.1, -0.05) is 115 Å². The molecule has 0 radical (unpaired) electrons. The Morgan fingerprint density at radius 2 is 1.28 bits per heavy atom. The molecule has 0 spiro atoms. The van der Waals surface area contributed by atoms with Crippen LogP contribution in [-0.4, -0.2) is 36.4 Å². The van der Waals surface area contributed by atoms with Crippen molar-refractivity contribution in [1.82, 2.24) is 0 Å². The highest BCUT2D eigenvalue weighted by Gasteiger charge is 2.40. The fourth-order valence-corrected chi connectivity index (χ4v) is 9.77. The van der Waals surface area contributed by atoms with Crippen LogP contribution in [0.4, 0.5) is 0 Å². The molecule has 0 aromatic rings. The van der Waals surface area contributed by atoms with Crippen LogP contribution in [0, 0.1) is 35.5 Å². The van der Waals surface area contributed by atoms with E-state index in [1.54, 1.807) is 6.92 Å². The van der Waals surface area contributed by atoms with E-state index in [1.165, 1.54) is 5.57 Å². The van der Waals surface area contributed by atoms with Gasteiger partial charge in [-0.25, -0.2) is 0 Å². The molecule has 0 amide bonds. The quantitative estimate of drug-likeness (QED) is 0.107. The van der Waals surface area contributed by atoms with Gasteiger partial charge in [0.2, 0.25) is 0 Å². The summed E-state index contributed by atoms with van der Waals surface area (Å²) in [5.41, 5.74) is 4.79. The van der Waals surface area contributed by atoms with Gasteiger partial charge in [0.1, 0.15) is 10.5 Å². The van der Waals surface area contributed by atoms with Crippen LogP contribution in [0.3, 0.4) is 0 Å². The Balaban J connectivity index is 7.33. The molecule has 0 saturated heterocycles. The van der Waals surface area contributed by atoms with E-state index in [2.05, 4.69) is 46.9 Å². The van der Waals surface area contributed by atoms with Gasteiger partial charge in [-0.05, 0) is 88.5 Å². The lowest BCUT2D eigenvalue weighted by molar-refractivity contribution is 0.217. The molecule has 0 aromatic heterocycles. The lowest BCUT2D eigenvalue weighted by Gasteiger charge is -2.39. The summed E-state index contributed by atoms with van der Waals surface area (Å²) in [6.45, 7) is 31.9. The normalized spacial score (nSPS) is 19.9. The standard InChI is InChI=1S/C35H62O6S2/c1-15-22(7)30(19-5)33(24(9)17-3)29(14)35(43(39,40)41)27(12)21-26(11)32(23(8)16-2)31(20-6)28(13)34(25(10)18-4)42(36,37)38/h15,21,24,26,28,30-32,34-35H,8,10,16-20H2,1-7,9,11-14H3,(H,36,37,38)(H,39,40,41)/b22-15+,27-21+,33-29-. The zero-order valence-corrected chi connectivity index (χ0v) is 30.7. The first-order valence-electron chi connectivity index (χ1n) is 16.0. The predicted octanol–water partition coefficient (Wildman–Crippen LogP) is 9.65. The van der Waals surface area contributed by atoms with Gasteiger partial charge in [0.25, 0.3) is 20.2 Å². The molecule has 2 N–H and O–H groups in total. The van der Waals surface area contributed by atoms with Crippen LogP contribution in [0.2, 0.25) is 0 Å². The number of hydrogen-bond donors (Lipinski definition) is 2. The van der Waals surface area contributed by atoms with Gasteiger partial charge in [-0.3, -0.25) is 9.11 Å². The van der Waals surface area contributed by atoms with Crippen molar-refractivity contribution < 1.29 is 25.9 Å². The summed E-state index contributed by atoms with van der Waals surface area (Å²) in [6.07, 6.45) is 7.35. The molecule has 8 heteroatoms. The third kappa shape index (κ3) is 10.8. The fraction of sp³-hybridized carbons (Fsp3) is 0.714. The van der Waals surface area contributed by atoms with Crippen molar-refractivity contribution in [3.8, 4) is 0 Å². The fourth-order valence-electron chi connectivity index (χ4n) is 7.30. The number of hydrogen-bond acceptors (Lipinski definition) is 4. The van der Waals surface area contributed by atoms with Gasteiger partial charge < -0.3 is 0 Å². The highest BCUT2D eigenvalue weighted by atomic mass is 32.2. The van der Waals surface area contributed by atoms with Crippen LogP contribution in [0.5, 0.6) is 0 Å². The van der Waals surface area contributed by atoms with E-state index in [-0.39, 0.29) is 29.6 Å². The van der Waals surface area contributed by atoms with Crippen LogP contribution in [-0.2, 0) is 20.2 Å². The molecule has 0 aromatic carbocycles. The molecule has 0 rings (SSSR count). The summed E-state index contributed by atoms with van der Waals surface area (Å²) >= 11 is 0. The molecule has 0 aliphatic carbocycles. The van der Waals surface area contributed by atoms with Gasteiger partial charge in [0.15, 0.2) is 0 Å². The molecule has 6 nitrogen and oxygen atoms in total. The molecular formula is C35H62O6S2. The topological polar surface area (TPSA) is 109 Å². The van der Waals surface area contributed by atoms with Gasteiger partial charge in [0.05, 0.1) is 0 Å². The van der Waals surface area contributed by atoms with E-state index < -0.39 is 36.7 Å². The van der Waals surface area contributed by atoms with Crippen molar-refractivity contribution in [1.29, 1.82) is 0 Å². The summed E-state index contributed by atoms with van der Waals surface area (Å²) in [5, 5.41) is -2.31. The summed E-state index contributed by atoms with van der Waals surface area (Å²) in [4.78, 5) is 0. The van der Waals surface area contributed by atoms with Crippen molar-refractivity contribution in [2.24, 2.45) is 35.5 Å². The van der Waals surface area contributed by atoms with E-state index in [0.29, 0.717) is 36.0 Å². The first kappa shape index (κ1) is 41.5. The first-order valence-corrected chi connectivity index (χ1v) is 19.0. The van der Waals surface area contributed by atoms with Crippen LogP contribution in [0.25, 0.3) is 0 Å². The molecule has 0 aliphatic rings. The lowest BCUT2D eigenvalue weighted by Crippen LogP contribution is -2.38. The second-order valence-electron chi connectivity index (χ2n) is 12.5. The van der Waals surface area contributed by atoms with Gasteiger partial charge in [-0.2, -0.15) is 16.8 Å². The Hall–Kier alpha value is -1.48. The maximum Gasteiger partial charge on any atom is 0.275 e. The van der Waals surface area contributed by atoms with Crippen LogP contribution < -0.4 is 0 Å².